The van der Waals surface area contributed by atoms with Gasteiger partial charge in [0.2, 0.25) is 0 Å². The Morgan fingerprint density at radius 1 is 0.719 bits per heavy atom. The molecule has 6 aromatic carbocycles. The van der Waals surface area contributed by atoms with Crippen LogP contribution in [-0.2, 0) is 25.0 Å². The number of rotatable bonds is 14. The number of carboxylic acids is 1. The van der Waals surface area contributed by atoms with Crippen molar-refractivity contribution in [1.82, 2.24) is 34.3 Å². The molecule has 11 heteroatoms. The van der Waals surface area contributed by atoms with E-state index >= 15 is 0 Å². The Bertz CT molecular complexity index is 3240. The van der Waals surface area contributed by atoms with E-state index in [2.05, 4.69) is 54.6 Å². The number of hydrogen-bond donors (Lipinski definition) is 1. The standard InChI is InChI=1S/C53H43N7O4/c1-2-3-27-48-54-45-30-31-58(35-37-17-13-14-24-42(37)52(62)63)51(61)49(45)59(48)34-36-28-29-46-38(32-36)33-47(64-46)43-25-15-16-26-44(43)50-55-56-57-60(50)53(39-18-7-4-8-19-39,40-20-9-5-10-21-40)41-22-11-6-12-23-41/h4-26,28-33H,2-3,27,34-35H2,1H3,(H,62,63). The topological polar surface area (TPSA) is 134 Å². The number of furan rings is 1. The lowest BCUT2D eigenvalue weighted by Crippen LogP contribution is -2.39. The van der Waals surface area contributed by atoms with Gasteiger partial charge < -0.3 is 18.7 Å². The number of aryl methyl sites for hydroxylation is 1. The molecule has 4 aromatic heterocycles. The molecule has 0 saturated carbocycles. The maximum absolute atomic E-state index is 14.3. The molecule has 4 heterocycles. The predicted octanol–water partition coefficient (Wildman–Crippen LogP) is 10.2. The lowest BCUT2D eigenvalue weighted by Gasteiger charge is -2.36. The van der Waals surface area contributed by atoms with E-state index in [1.54, 1.807) is 35.0 Å². The van der Waals surface area contributed by atoms with E-state index in [4.69, 9.17) is 19.7 Å². The van der Waals surface area contributed by atoms with Crippen LogP contribution in [0.15, 0.2) is 185 Å². The van der Waals surface area contributed by atoms with Gasteiger partial charge in [-0.05, 0) is 75.0 Å². The summed E-state index contributed by atoms with van der Waals surface area (Å²) in [5.74, 6) is 1.02. The van der Waals surface area contributed by atoms with Crippen LogP contribution in [-0.4, -0.2) is 45.4 Å². The van der Waals surface area contributed by atoms with Crippen LogP contribution in [0.1, 0.15) is 63.8 Å². The lowest BCUT2D eigenvalue weighted by molar-refractivity contribution is 0.0695. The van der Waals surface area contributed by atoms with E-state index in [1.165, 1.54) is 0 Å². The van der Waals surface area contributed by atoms with Gasteiger partial charge in [0.15, 0.2) is 5.82 Å². The largest absolute Gasteiger partial charge is 0.478 e. The first-order valence-electron chi connectivity index (χ1n) is 21.4. The molecule has 0 saturated heterocycles. The zero-order valence-corrected chi connectivity index (χ0v) is 35.1. The summed E-state index contributed by atoms with van der Waals surface area (Å²) in [5.41, 5.74) is 6.96. The summed E-state index contributed by atoms with van der Waals surface area (Å²) >= 11 is 0. The highest BCUT2D eigenvalue weighted by molar-refractivity contribution is 5.89. The summed E-state index contributed by atoms with van der Waals surface area (Å²) in [6.45, 7) is 2.66. The summed E-state index contributed by atoms with van der Waals surface area (Å²) in [5, 5.41) is 24.6. The van der Waals surface area contributed by atoms with Crippen LogP contribution in [0, 0.1) is 0 Å². The van der Waals surface area contributed by atoms with Crippen molar-refractivity contribution >= 4 is 28.0 Å². The minimum absolute atomic E-state index is 0.121. The van der Waals surface area contributed by atoms with Crippen LogP contribution in [0.3, 0.4) is 0 Å². The molecule has 0 aliphatic heterocycles. The third-order valence-electron chi connectivity index (χ3n) is 12.0. The molecule has 0 aliphatic rings. The molecule has 10 rings (SSSR count). The van der Waals surface area contributed by atoms with Crippen molar-refractivity contribution in [3.63, 3.8) is 0 Å². The molecule has 0 aliphatic carbocycles. The third-order valence-corrected chi connectivity index (χ3v) is 12.0. The number of benzene rings is 6. The monoisotopic (exact) mass is 841 g/mol. The van der Waals surface area contributed by atoms with E-state index < -0.39 is 11.5 Å². The molecular formula is C53H43N7O4. The summed E-state index contributed by atoms with van der Waals surface area (Å²) < 4.78 is 12.1. The van der Waals surface area contributed by atoms with E-state index in [0.717, 1.165) is 57.4 Å². The fourth-order valence-electron chi connectivity index (χ4n) is 8.98. The van der Waals surface area contributed by atoms with E-state index in [9.17, 15) is 14.7 Å². The zero-order valence-electron chi connectivity index (χ0n) is 35.1. The Labute approximate surface area is 368 Å². The van der Waals surface area contributed by atoms with Crippen molar-refractivity contribution in [2.24, 2.45) is 0 Å². The number of imidazole rings is 1. The van der Waals surface area contributed by atoms with E-state index in [1.807, 2.05) is 112 Å². The van der Waals surface area contributed by atoms with Crippen LogP contribution < -0.4 is 5.56 Å². The fourth-order valence-corrected chi connectivity index (χ4v) is 8.98. The molecule has 11 nitrogen and oxygen atoms in total. The molecule has 314 valence electrons. The summed E-state index contributed by atoms with van der Waals surface area (Å²) in [6.07, 6.45) is 4.30. The molecule has 0 bridgehead atoms. The SMILES string of the molecule is CCCCc1nc2ccn(Cc3ccccc3C(=O)O)c(=O)c2n1Cc1ccc2oc(-c3ccccc3-c3nnnn3C(c3ccccc3)(c3ccccc3)c3ccccc3)cc2c1. The van der Waals surface area contributed by atoms with Gasteiger partial charge in [0, 0.05) is 35.7 Å². The van der Waals surface area contributed by atoms with Crippen LogP contribution in [0.5, 0.6) is 0 Å². The minimum atomic E-state index is -1.03. The highest BCUT2D eigenvalue weighted by Crippen LogP contribution is 2.44. The van der Waals surface area contributed by atoms with Crippen molar-refractivity contribution < 1.29 is 14.3 Å². The maximum atomic E-state index is 14.3. The highest BCUT2D eigenvalue weighted by atomic mass is 16.4. The molecule has 64 heavy (non-hydrogen) atoms. The number of aromatic nitrogens is 7. The van der Waals surface area contributed by atoms with Crippen molar-refractivity contribution in [2.45, 2.75) is 44.8 Å². The number of nitrogens with zero attached hydrogens (tertiary/aromatic N) is 7. The number of carboxylic acid groups (broad SMARTS) is 1. The Hall–Kier alpha value is -8.18. The second-order valence-electron chi connectivity index (χ2n) is 15.9. The van der Waals surface area contributed by atoms with Crippen LogP contribution >= 0.6 is 0 Å². The van der Waals surface area contributed by atoms with Crippen molar-refractivity contribution in [3.05, 3.63) is 226 Å². The first-order valence-corrected chi connectivity index (χ1v) is 21.4. The third kappa shape index (κ3) is 7.06. The number of hydrogen-bond acceptors (Lipinski definition) is 7. The number of carbonyl (C=O) groups is 1. The van der Waals surface area contributed by atoms with Gasteiger partial charge in [-0.3, -0.25) is 4.79 Å². The van der Waals surface area contributed by atoms with Crippen LogP contribution in [0.2, 0.25) is 0 Å². The van der Waals surface area contributed by atoms with Crippen molar-refractivity contribution in [2.75, 3.05) is 0 Å². The Morgan fingerprint density at radius 3 is 2.03 bits per heavy atom. The summed E-state index contributed by atoms with van der Waals surface area (Å²) in [4.78, 5) is 31.2. The molecule has 0 atom stereocenters. The Kier molecular flexibility index (Phi) is 10.6. The summed E-state index contributed by atoms with van der Waals surface area (Å²) in [7, 11) is 0. The van der Waals surface area contributed by atoms with Gasteiger partial charge in [-0.25, -0.2) is 14.5 Å². The van der Waals surface area contributed by atoms with Crippen molar-refractivity contribution in [1.29, 1.82) is 0 Å². The van der Waals surface area contributed by atoms with Crippen LogP contribution in [0.25, 0.3) is 44.7 Å². The number of aromatic carboxylic acids is 1. The zero-order chi connectivity index (χ0) is 43.6. The van der Waals surface area contributed by atoms with Gasteiger partial charge in [-0.1, -0.05) is 153 Å². The quantitative estimate of drug-likeness (QED) is 0.107. The molecule has 0 fully saturated rings. The van der Waals surface area contributed by atoms with Gasteiger partial charge in [-0.2, -0.15) is 0 Å². The number of pyridine rings is 1. The predicted molar refractivity (Wildman–Crippen MR) is 247 cm³/mol. The summed E-state index contributed by atoms with van der Waals surface area (Å²) in [6, 6.07) is 55.7. The first kappa shape index (κ1) is 39.9. The number of tetrazole rings is 1. The molecule has 1 N–H and O–H groups in total. The highest BCUT2D eigenvalue weighted by Gasteiger charge is 2.42. The molecule has 0 radical (unpaired) electrons. The van der Waals surface area contributed by atoms with Gasteiger partial charge >= 0.3 is 5.97 Å². The second kappa shape index (κ2) is 16.9. The van der Waals surface area contributed by atoms with E-state index in [0.29, 0.717) is 46.7 Å². The van der Waals surface area contributed by atoms with Crippen molar-refractivity contribution in [3.8, 4) is 22.7 Å². The average molecular weight is 842 g/mol. The van der Waals surface area contributed by atoms with Gasteiger partial charge in [0.25, 0.3) is 5.56 Å². The maximum Gasteiger partial charge on any atom is 0.336 e. The molecule has 0 spiro atoms. The molecule has 0 unspecified atom stereocenters. The lowest BCUT2D eigenvalue weighted by atomic mass is 9.77. The molecular weight excluding hydrogens is 799 g/mol. The van der Waals surface area contributed by atoms with Crippen LogP contribution in [0.4, 0.5) is 0 Å². The van der Waals surface area contributed by atoms with Gasteiger partial charge in [-0.15, -0.1) is 5.10 Å². The van der Waals surface area contributed by atoms with Gasteiger partial charge in [0.1, 0.15) is 28.2 Å². The van der Waals surface area contributed by atoms with E-state index in [-0.39, 0.29) is 17.7 Å². The Balaban J connectivity index is 1.05. The molecule has 10 aromatic rings. The average Bonchev–Trinajstić information content (AvgIpc) is 4.09. The first-order chi connectivity index (χ1) is 31.4. The van der Waals surface area contributed by atoms with Gasteiger partial charge in [0.05, 0.1) is 17.6 Å². The Morgan fingerprint density at radius 2 is 1.36 bits per heavy atom. The molecule has 0 amide bonds. The smallest absolute Gasteiger partial charge is 0.336 e. The second-order valence-corrected chi connectivity index (χ2v) is 15.9. The number of fused-ring (bicyclic) bond motifs is 2. The minimum Gasteiger partial charge on any atom is -0.478 e. The fraction of sp³-hybridized carbons (Fsp3) is 0.132. The number of unbranched alkanes of at least 4 members (excludes halogenated alkanes) is 1. The normalized spacial score (nSPS) is 11.7.